The summed E-state index contributed by atoms with van der Waals surface area (Å²) >= 11 is 0. The molecule has 0 aromatic rings. The van der Waals surface area contributed by atoms with Crippen molar-refractivity contribution in [2.45, 2.75) is 39.5 Å². The second kappa shape index (κ2) is 2.36. The van der Waals surface area contributed by atoms with Gasteiger partial charge in [0.2, 0.25) is 0 Å². The molecule has 2 atom stereocenters. The van der Waals surface area contributed by atoms with Gasteiger partial charge in [0.25, 0.3) is 0 Å². The maximum Gasteiger partial charge on any atom is -0.0192 e. The van der Waals surface area contributed by atoms with E-state index in [4.69, 9.17) is 0 Å². The molecule has 0 unspecified atom stereocenters. The van der Waals surface area contributed by atoms with Gasteiger partial charge in [0.1, 0.15) is 0 Å². The summed E-state index contributed by atoms with van der Waals surface area (Å²) < 4.78 is 0. The van der Waals surface area contributed by atoms with Crippen molar-refractivity contribution in [2.75, 3.05) is 0 Å². The molecule has 0 aliphatic heterocycles. The van der Waals surface area contributed by atoms with Gasteiger partial charge >= 0.3 is 0 Å². The molecule has 62 valence electrons. The number of hydrogen-bond acceptors (Lipinski definition) is 0. The largest absolute Gasteiger partial charge is 0.0879 e. The molecule has 0 heteroatoms. The minimum Gasteiger partial charge on any atom is -0.0879 e. The molecule has 1 fully saturated rings. The molecular weight excluding hydrogens is 132 g/mol. The van der Waals surface area contributed by atoms with Gasteiger partial charge in [0.05, 0.1) is 0 Å². The molecular formula is C11H18. The number of hydrogen-bond donors (Lipinski definition) is 0. The molecule has 0 heterocycles. The Hall–Kier alpha value is -0.260. The van der Waals surface area contributed by atoms with Crippen molar-refractivity contribution in [1.82, 2.24) is 0 Å². The van der Waals surface area contributed by atoms with Crippen LogP contribution in [0.5, 0.6) is 0 Å². The fourth-order valence-corrected chi connectivity index (χ4v) is 3.15. The second-order valence-corrected chi connectivity index (χ2v) is 4.21. The molecule has 11 heavy (non-hydrogen) atoms. The highest BCUT2D eigenvalue weighted by atomic mass is 14.5. The van der Waals surface area contributed by atoms with Crippen LogP contribution in [0.1, 0.15) is 39.5 Å². The first-order valence-corrected chi connectivity index (χ1v) is 4.99. The summed E-state index contributed by atoms with van der Waals surface area (Å²) in [6.07, 6.45) is 10.5. The molecule has 0 N–H and O–H groups in total. The highest BCUT2D eigenvalue weighted by Crippen LogP contribution is 2.59. The summed E-state index contributed by atoms with van der Waals surface area (Å²) in [7, 11) is 0. The van der Waals surface area contributed by atoms with Crippen molar-refractivity contribution < 1.29 is 0 Å². The first-order chi connectivity index (χ1) is 5.32. The smallest absolute Gasteiger partial charge is 0.0192 e. The maximum atomic E-state index is 2.44. The van der Waals surface area contributed by atoms with Crippen LogP contribution in [-0.4, -0.2) is 0 Å². The highest BCUT2D eigenvalue weighted by molar-refractivity contribution is 5.14. The Balaban J connectivity index is 2.08. The average Bonchev–Trinajstić information content (AvgIpc) is 2.37. The van der Waals surface area contributed by atoms with Gasteiger partial charge in [-0.1, -0.05) is 38.8 Å². The molecule has 0 amide bonds. The summed E-state index contributed by atoms with van der Waals surface area (Å²) in [4.78, 5) is 0. The van der Waals surface area contributed by atoms with E-state index in [9.17, 15) is 0 Å². The molecule has 2 aliphatic rings. The molecule has 0 nitrogen and oxygen atoms in total. The van der Waals surface area contributed by atoms with E-state index in [1.165, 1.54) is 25.7 Å². The number of fused-ring (bicyclic) bond motifs is 1. The maximum absolute atomic E-state index is 2.44. The van der Waals surface area contributed by atoms with Gasteiger partial charge in [-0.3, -0.25) is 0 Å². The lowest BCUT2D eigenvalue weighted by atomic mass is 9.52. The standard InChI is InChI=1S/C11H18/c1-3-11(4-2)8-9-6-5-7-10(9)11/h5-6,9-10H,3-4,7-8H2,1-2H3/t9-,10-/m1/s1. The Kier molecular flexibility index (Phi) is 1.59. The first-order valence-electron chi connectivity index (χ1n) is 4.99. The summed E-state index contributed by atoms with van der Waals surface area (Å²) in [6.45, 7) is 4.72. The van der Waals surface area contributed by atoms with Crippen LogP contribution < -0.4 is 0 Å². The zero-order chi connectivity index (χ0) is 7.90. The second-order valence-electron chi connectivity index (χ2n) is 4.21. The Morgan fingerprint density at radius 2 is 2.09 bits per heavy atom. The van der Waals surface area contributed by atoms with Gasteiger partial charge in [0.15, 0.2) is 0 Å². The van der Waals surface area contributed by atoms with Gasteiger partial charge in [-0.2, -0.15) is 0 Å². The Bertz CT molecular complexity index is 174. The quantitative estimate of drug-likeness (QED) is 0.529. The normalized spacial score (nSPS) is 38.4. The van der Waals surface area contributed by atoms with Gasteiger partial charge in [-0.25, -0.2) is 0 Å². The van der Waals surface area contributed by atoms with Crippen LogP contribution >= 0.6 is 0 Å². The Morgan fingerprint density at radius 3 is 2.64 bits per heavy atom. The van der Waals surface area contributed by atoms with Gasteiger partial charge in [0, 0.05) is 0 Å². The van der Waals surface area contributed by atoms with Gasteiger partial charge in [-0.05, 0) is 30.1 Å². The fourth-order valence-electron chi connectivity index (χ4n) is 3.15. The van der Waals surface area contributed by atoms with E-state index in [2.05, 4.69) is 26.0 Å². The lowest BCUT2D eigenvalue weighted by molar-refractivity contribution is -0.0146. The highest BCUT2D eigenvalue weighted by Gasteiger charge is 2.50. The third-order valence-corrected chi connectivity index (χ3v) is 4.13. The van der Waals surface area contributed by atoms with Crippen LogP contribution in [0.4, 0.5) is 0 Å². The number of rotatable bonds is 2. The van der Waals surface area contributed by atoms with Gasteiger partial charge < -0.3 is 0 Å². The van der Waals surface area contributed by atoms with Crippen LogP contribution in [0.2, 0.25) is 0 Å². The zero-order valence-electron chi connectivity index (χ0n) is 7.64. The SMILES string of the molecule is CCC1(CC)C[C@H]2C=CC[C@H]21. The molecule has 0 bridgehead atoms. The van der Waals surface area contributed by atoms with Crippen molar-refractivity contribution in [3.63, 3.8) is 0 Å². The van der Waals surface area contributed by atoms with Crippen LogP contribution in [-0.2, 0) is 0 Å². The van der Waals surface area contributed by atoms with E-state index < -0.39 is 0 Å². The number of allylic oxidation sites excluding steroid dienone is 2. The van der Waals surface area contributed by atoms with Crippen molar-refractivity contribution in [3.05, 3.63) is 12.2 Å². The van der Waals surface area contributed by atoms with Crippen LogP contribution in [0.3, 0.4) is 0 Å². The fraction of sp³-hybridized carbons (Fsp3) is 0.818. The molecule has 0 aromatic heterocycles. The third kappa shape index (κ3) is 0.816. The summed E-state index contributed by atoms with van der Waals surface area (Å²) in [5.74, 6) is 1.99. The van der Waals surface area contributed by atoms with E-state index in [0.29, 0.717) is 0 Å². The lowest BCUT2D eigenvalue weighted by Gasteiger charge is -2.52. The van der Waals surface area contributed by atoms with Crippen molar-refractivity contribution in [1.29, 1.82) is 0 Å². The third-order valence-electron chi connectivity index (χ3n) is 4.13. The van der Waals surface area contributed by atoms with E-state index in [-0.39, 0.29) is 0 Å². The monoisotopic (exact) mass is 150 g/mol. The summed E-state index contributed by atoms with van der Waals surface area (Å²) in [5.41, 5.74) is 0.744. The molecule has 0 aromatic carbocycles. The minimum atomic E-state index is 0.744. The van der Waals surface area contributed by atoms with Crippen LogP contribution in [0, 0.1) is 17.3 Å². The van der Waals surface area contributed by atoms with E-state index in [1.807, 2.05) is 0 Å². The van der Waals surface area contributed by atoms with Crippen molar-refractivity contribution in [3.8, 4) is 0 Å². The van der Waals surface area contributed by atoms with Crippen LogP contribution in [0.25, 0.3) is 0 Å². The molecule has 0 saturated heterocycles. The predicted octanol–water partition coefficient (Wildman–Crippen LogP) is 3.39. The molecule has 0 radical (unpaired) electrons. The predicted molar refractivity (Wildman–Crippen MR) is 48.4 cm³/mol. The molecule has 0 spiro atoms. The molecule has 1 saturated carbocycles. The summed E-state index contributed by atoms with van der Waals surface area (Å²) in [6, 6.07) is 0. The van der Waals surface area contributed by atoms with Crippen molar-refractivity contribution >= 4 is 0 Å². The topological polar surface area (TPSA) is 0 Å². The Labute approximate surface area is 69.7 Å². The molecule has 2 aliphatic carbocycles. The zero-order valence-corrected chi connectivity index (χ0v) is 7.64. The first kappa shape index (κ1) is 7.39. The van der Waals surface area contributed by atoms with Crippen molar-refractivity contribution in [2.24, 2.45) is 17.3 Å². The Morgan fingerprint density at radius 1 is 1.36 bits per heavy atom. The van der Waals surface area contributed by atoms with Gasteiger partial charge in [-0.15, -0.1) is 0 Å². The lowest BCUT2D eigenvalue weighted by Crippen LogP contribution is -2.44. The minimum absolute atomic E-state index is 0.744. The van der Waals surface area contributed by atoms with E-state index in [1.54, 1.807) is 0 Å². The van der Waals surface area contributed by atoms with E-state index in [0.717, 1.165) is 17.3 Å². The van der Waals surface area contributed by atoms with Crippen LogP contribution in [0.15, 0.2) is 12.2 Å². The summed E-state index contributed by atoms with van der Waals surface area (Å²) in [5, 5.41) is 0. The average molecular weight is 150 g/mol. The van der Waals surface area contributed by atoms with E-state index >= 15 is 0 Å². The molecule has 2 rings (SSSR count).